The number of nitrogens with one attached hydrogen (secondary N) is 1. The molecule has 4 rings (SSSR count). The summed E-state index contributed by atoms with van der Waals surface area (Å²) in [6.45, 7) is -0.839. The van der Waals surface area contributed by atoms with Crippen molar-refractivity contribution in [3.8, 4) is 6.07 Å². The average molecular weight is 646 g/mol. The van der Waals surface area contributed by atoms with Gasteiger partial charge < -0.3 is 15.2 Å². The van der Waals surface area contributed by atoms with Crippen molar-refractivity contribution < 1.29 is 28.6 Å². The number of nitriles is 1. The fourth-order valence-electron chi connectivity index (χ4n) is 4.15. The number of carbonyl (C=O) groups excluding carboxylic acids is 2. The summed E-state index contributed by atoms with van der Waals surface area (Å²) in [5.74, 6) is -3.72. The maximum atomic E-state index is 13.7. The molecule has 0 bridgehead atoms. The Balaban J connectivity index is 1.62. The van der Waals surface area contributed by atoms with E-state index >= 15 is 0 Å². The third kappa shape index (κ3) is 6.22. The van der Waals surface area contributed by atoms with E-state index in [4.69, 9.17) is 63.1 Å². The van der Waals surface area contributed by atoms with Crippen LogP contribution in [-0.2, 0) is 9.53 Å². The number of carbonyl (C=O) groups is 3. The fraction of sp³-hybridized carbons (Fsp3) is 0.154. The number of hydrogen-bond acceptors (Lipinski definition) is 5. The van der Waals surface area contributed by atoms with Gasteiger partial charge in [-0.3, -0.25) is 14.5 Å². The van der Waals surface area contributed by atoms with E-state index in [1.54, 1.807) is 18.2 Å². The third-order valence-corrected chi connectivity index (χ3v) is 7.68. The van der Waals surface area contributed by atoms with E-state index in [2.05, 4.69) is 10.1 Å². The van der Waals surface area contributed by atoms with Gasteiger partial charge in [0.05, 0.1) is 27.8 Å². The standard InChI is InChI=1S/C26H15Cl5FN3O5/c27-14-5-12(6-15(28)8-14)21-22(26(21,30)31)23(36)34-17-2-3-19(29)18(9-17)24(37)35(11-40-25(38)39)20-4-1-16(32)7-13(20)10-33/h1-9,21-22H,11H2,(H,34,36)(H,38,39). The first-order chi connectivity index (χ1) is 18.8. The predicted molar refractivity (Wildman–Crippen MR) is 149 cm³/mol. The number of alkyl halides is 2. The summed E-state index contributed by atoms with van der Waals surface area (Å²) in [7, 11) is 0. The Morgan fingerprint density at radius 2 is 1.73 bits per heavy atom. The summed E-state index contributed by atoms with van der Waals surface area (Å²) in [6, 6.07) is 13.4. The highest BCUT2D eigenvalue weighted by Crippen LogP contribution is 2.65. The van der Waals surface area contributed by atoms with Crippen LogP contribution in [0.15, 0.2) is 54.6 Å². The molecule has 206 valence electrons. The van der Waals surface area contributed by atoms with Crippen molar-refractivity contribution in [2.24, 2.45) is 5.92 Å². The van der Waals surface area contributed by atoms with Crippen molar-refractivity contribution >= 4 is 87.3 Å². The number of halogens is 6. The van der Waals surface area contributed by atoms with Crippen LogP contribution in [0.3, 0.4) is 0 Å². The van der Waals surface area contributed by atoms with Gasteiger partial charge in [-0.15, -0.1) is 23.2 Å². The molecule has 2 amide bonds. The molecule has 2 N–H and O–H groups in total. The number of nitrogens with zero attached hydrogens (tertiary/aromatic N) is 2. The second-order valence-electron chi connectivity index (χ2n) is 8.56. The molecule has 0 heterocycles. The van der Waals surface area contributed by atoms with Gasteiger partial charge in [-0.25, -0.2) is 9.18 Å². The van der Waals surface area contributed by atoms with E-state index in [1.807, 2.05) is 0 Å². The number of benzene rings is 3. The topological polar surface area (TPSA) is 120 Å². The lowest BCUT2D eigenvalue weighted by atomic mass is 10.1. The Labute approximate surface area is 251 Å². The molecule has 8 nitrogen and oxygen atoms in total. The number of rotatable bonds is 7. The van der Waals surface area contributed by atoms with Crippen molar-refractivity contribution in [1.82, 2.24) is 0 Å². The Bertz CT molecular complexity index is 1560. The Morgan fingerprint density at radius 1 is 1.05 bits per heavy atom. The molecule has 2 atom stereocenters. The van der Waals surface area contributed by atoms with Crippen LogP contribution in [0.2, 0.25) is 15.1 Å². The van der Waals surface area contributed by atoms with Gasteiger partial charge in [-0.1, -0.05) is 34.8 Å². The quantitative estimate of drug-likeness (QED) is 0.156. The summed E-state index contributed by atoms with van der Waals surface area (Å²) in [6.07, 6.45) is -1.70. The highest BCUT2D eigenvalue weighted by atomic mass is 35.5. The van der Waals surface area contributed by atoms with E-state index in [0.29, 0.717) is 15.6 Å². The molecule has 40 heavy (non-hydrogen) atoms. The molecule has 0 saturated heterocycles. The van der Waals surface area contributed by atoms with Gasteiger partial charge in [-0.05, 0) is 60.2 Å². The Morgan fingerprint density at radius 3 is 2.35 bits per heavy atom. The minimum absolute atomic E-state index is 0.0640. The molecule has 1 aliphatic carbocycles. The van der Waals surface area contributed by atoms with Crippen molar-refractivity contribution in [3.63, 3.8) is 0 Å². The number of amides is 2. The molecule has 2 unspecified atom stereocenters. The van der Waals surface area contributed by atoms with Gasteiger partial charge in [0.25, 0.3) is 5.91 Å². The van der Waals surface area contributed by atoms with Crippen LogP contribution in [0, 0.1) is 23.1 Å². The first kappa shape index (κ1) is 29.7. The number of anilines is 2. The molecular formula is C26H15Cl5FN3O5. The number of ether oxygens (including phenoxy) is 1. The van der Waals surface area contributed by atoms with Crippen LogP contribution in [0.4, 0.5) is 20.6 Å². The number of hydrogen-bond donors (Lipinski definition) is 2. The van der Waals surface area contributed by atoms with E-state index in [9.17, 15) is 24.0 Å². The maximum Gasteiger partial charge on any atom is 0.507 e. The van der Waals surface area contributed by atoms with Crippen molar-refractivity contribution in [2.75, 3.05) is 16.9 Å². The lowest BCUT2D eigenvalue weighted by Crippen LogP contribution is -2.35. The van der Waals surface area contributed by atoms with E-state index in [1.165, 1.54) is 24.3 Å². The predicted octanol–water partition coefficient (Wildman–Crippen LogP) is 7.48. The molecule has 1 fully saturated rings. The molecule has 0 aromatic heterocycles. The molecule has 0 spiro atoms. The number of carboxylic acid groups (broad SMARTS) is 1. The average Bonchev–Trinajstić information content (AvgIpc) is 3.47. The van der Waals surface area contributed by atoms with E-state index < -0.39 is 46.7 Å². The van der Waals surface area contributed by atoms with Gasteiger partial charge >= 0.3 is 6.16 Å². The first-order valence-electron chi connectivity index (χ1n) is 11.1. The SMILES string of the molecule is N#Cc1cc(F)ccc1N(COC(=O)O)C(=O)c1cc(NC(=O)C2C(c3cc(Cl)cc(Cl)c3)C2(Cl)Cl)ccc1Cl. The van der Waals surface area contributed by atoms with Crippen molar-refractivity contribution in [2.45, 2.75) is 10.3 Å². The third-order valence-electron chi connectivity index (χ3n) is 5.98. The summed E-state index contributed by atoms with van der Waals surface area (Å²) in [5, 5.41) is 21.7. The van der Waals surface area contributed by atoms with Crippen molar-refractivity contribution in [1.29, 1.82) is 5.26 Å². The van der Waals surface area contributed by atoms with E-state index in [0.717, 1.165) is 23.1 Å². The van der Waals surface area contributed by atoms with Crippen LogP contribution < -0.4 is 10.2 Å². The largest absolute Gasteiger partial charge is 0.507 e. The van der Waals surface area contributed by atoms with Crippen LogP contribution in [0.1, 0.15) is 27.4 Å². The van der Waals surface area contributed by atoms with Crippen LogP contribution in [-0.4, -0.2) is 34.1 Å². The van der Waals surface area contributed by atoms with Gasteiger partial charge in [0.2, 0.25) is 5.91 Å². The highest BCUT2D eigenvalue weighted by Gasteiger charge is 2.67. The zero-order valence-electron chi connectivity index (χ0n) is 19.8. The molecule has 3 aromatic carbocycles. The van der Waals surface area contributed by atoms with Gasteiger partial charge in [0, 0.05) is 21.7 Å². The minimum atomic E-state index is -1.70. The molecular weight excluding hydrogens is 631 g/mol. The molecule has 0 aliphatic heterocycles. The van der Waals surface area contributed by atoms with E-state index in [-0.39, 0.29) is 27.5 Å². The smallest absolute Gasteiger partial charge is 0.450 e. The molecule has 3 aromatic rings. The summed E-state index contributed by atoms with van der Waals surface area (Å²) < 4.78 is 16.8. The van der Waals surface area contributed by atoms with Crippen LogP contribution >= 0.6 is 58.0 Å². The monoisotopic (exact) mass is 643 g/mol. The lowest BCUT2D eigenvalue weighted by molar-refractivity contribution is -0.117. The summed E-state index contributed by atoms with van der Waals surface area (Å²) >= 11 is 31.2. The van der Waals surface area contributed by atoms with Gasteiger partial charge in [-0.2, -0.15) is 5.26 Å². The maximum absolute atomic E-state index is 13.7. The zero-order valence-corrected chi connectivity index (χ0v) is 23.6. The summed E-state index contributed by atoms with van der Waals surface area (Å²) in [4.78, 5) is 38.5. The van der Waals surface area contributed by atoms with Gasteiger partial charge in [0.15, 0.2) is 6.73 Å². The Hall–Kier alpha value is -3.26. The normalized spacial score (nSPS) is 16.9. The summed E-state index contributed by atoms with van der Waals surface area (Å²) in [5.41, 5.74) is 0.130. The molecule has 1 saturated carbocycles. The molecule has 1 aliphatic rings. The first-order valence-corrected chi connectivity index (χ1v) is 13.0. The highest BCUT2D eigenvalue weighted by molar-refractivity contribution is 6.53. The second-order valence-corrected chi connectivity index (χ2v) is 11.3. The second kappa shape index (κ2) is 11.7. The molecule has 0 radical (unpaired) electrons. The minimum Gasteiger partial charge on any atom is -0.450 e. The van der Waals surface area contributed by atoms with Crippen molar-refractivity contribution in [3.05, 3.63) is 92.2 Å². The van der Waals surface area contributed by atoms with Gasteiger partial charge in [0.1, 0.15) is 16.2 Å². The zero-order chi connectivity index (χ0) is 29.4. The Kier molecular flexibility index (Phi) is 8.69. The molecule has 14 heteroatoms. The fourth-order valence-corrected chi connectivity index (χ4v) is 5.71. The van der Waals surface area contributed by atoms with Crippen LogP contribution in [0.25, 0.3) is 0 Å². The van der Waals surface area contributed by atoms with Crippen LogP contribution in [0.5, 0.6) is 0 Å². The lowest BCUT2D eigenvalue weighted by Gasteiger charge is -2.23.